The predicted octanol–water partition coefficient (Wildman–Crippen LogP) is 3.38. The fraction of sp³-hybridized carbons (Fsp3) is 0.176. The molecular formula is C17H17NO4S. The molecule has 1 amide bonds. The van der Waals surface area contributed by atoms with E-state index in [1.165, 1.54) is 0 Å². The molecule has 2 aromatic rings. The summed E-state index contributed by atoms with van der Waals surface area (Å²) in [5, 5.41) is 2.21. The maximum atomic E-state index is 11.7. The average Bonchev–Trinajstić information content (AvgIpc) is 2.56. The van der Waals surface area contributed by atoms with Crippen LogP contribution in [0.4, 0.5) is 4.79 Å². The second kappa shape index (κ2) is 8.85. The molecule has 0 fully saturated rings. The summed E-state index contributed by atoms with van der Waals surface area (Å²) in [5.41, 5.74) is 1.13. The smallest absolute Gasteiger partial charge is 0.345 e. The molecule has 0 atom stereocenters. The third-order valence-corrected chi connectivity index (χ3v) is 3.62. The van der Waals surface area contributed by atoms with Gasteiger partial charge in [0.2, 0.25) is 0 Å². The van der Waals surface area contributed by atoms with Crippen molar-refractivity contribution in [2.75, 3.05) is 13.3 Å². The molecule has 0 aliphatic carbocycles. The number of ether oxygens (including phenoxy) is 2. The van der Waals surface area contributed by atoms with Crippen molar-refractivity contribution in [2.24, 2.45) is 0 Å². The van der Waals surface area contributed by atoms with Crippen molar-refractivity contribution in [3.05, 3.63) is 60.2 Å². The topological polar surface area (TPSA) is 64.6 Å². The maximum absolute atomic E-state index is 11.7. The summed E-state index contributed by atoms with van der Waals surface area (Å²) in [7, 11) is 0. The first-order valence-corrected chi connectivity index (χ1v) is 7.81. The van der Waals surface area contributed by atoms with Crippen LogP contribution in [0.15, 0.2) is 59.5 Å². The van der Waals surface area contributed by atoms with Gasteiger partial charge in [0.05, 0.1) is 0 Å². The summed E-state index contributed by atoms with van der Waals surface area (Å²) in [6.07, 6.45) is 0. The van der Waals surface area contributed by atoms with E-state index < -0.39 is 5.97 Å². The van der Waals surface area contributed by atoms with Crippen molar-refractivity contribution in [2.45, 2.75) is 11.8 Å². The monoisotopic (exact) mass is 331 g/mol. The zero-order valence-corrected chi connectivity index (χ0v) is 13.5. The number of esters is 1. The first-order valence-electron chi connectivity index (χ1n) is 6.99. The van der Waals surface area contributed by atoms with Crippen LogP contribution in [-0.2, 0) is 9.53 Å². The van der Waals surface area contributed by atoms with Crippen molar-refractivity contribution in [3.8, 4) is 5.75 Å². The van der Waals surface area contributed by atoms with Gasteiger partial charge in [-0.1, -0.05) is 35.9 Å². The average molecular weight is 331 g/mol. The molecule has 5 nitrogen and oxygen atoms in total. The zero-order valence-electron chi connectivity index (χ0n) is 12.7. The first-order chi connectivity index (χ1) is 11.1. The Hall–Kier alpha value is -2.47. The molecule has 0 saturated carbocycles. The van der Waals surface area contributed by atoms with Gasteiger partial charge >= 0.3 is 5.97 Å². The van der Waals surface area contributed by atoms with Gasteiger partial charge in [0, 0.05) is 4.90 Å². The van der Waals surface area contributed by atoms with Crippen molar-refractivity contribution in [1.82, 2.24) is 5.32 Å². The minimum atomic E-state index is -0.547. The fourth-order valence-corrected chi connectivity index (χ4v) is 2.24. The third kappa shape index (κ3) is 6.44. The summed E-state index contributed by atoms with van der Waals surface area (Å²) in [6, 6.07) is 16.5. The molecule has 1 N–H and O–H groups in total. The molecular weight excluding hydrogens is 314 g/mol. The van der Waals surface area contributed by atoms with Gasteiger partial charge < -0.3 is 14.8 Å². The quantitative estimate of drug-likeness (QED) is 0.499. The Morgan fingerprint density at radius 1 is 1.04 bits per heavy atom. The van der Waals surface area contributed by atoms with Gasteiger partial charge in [-0.25, -0.2) is 4.79 Å². The zero-order chi connectivity index (χ0) is 16.5. The Balaban J connectivity index is 1.63. The molecule has 0 saturated heterocycles. The van der Waals surface area contributed by atoms with Gasteiger partial charge in [0.1, 0.15) is 5.75 Å². The van der Waals surface area contributed by atoms with Crippen LogP contribution in [0.2, 0.25) is 0 Å². The van der Waals surface area contributed by atoms with Gasteiger partial charge in [0.15, 0.2) is 13.3 Å². The van der Waals surface area contributed by atoms with Gasteiger partial charge in [-0.3, -0.25) is 4.79 Å². The number of carbonyl (C=O) groups is 2. The second-order valence-corrected chi connectivity index (χ2v) is 5.69. The van der Waals surface area contributed by atoms with Gasteiger partial charge in [-0.05, 0) is 43.0 Å². The highest BCUT2D eigenvalue weighted by Gasteiger charge is 2.07. The number of benzene rings is 2. The predicted molar refractivity (Wildman–Crippen MR) is 88.5 cm³/mol. The maximum Gasteiger partial charge on any atom is 0.345 e. The number of aryl methyl sites for hydroxylation is 1. The Kier molecular flexibility index (Phi) is 6.50. The molecule has 0 aromatic heterocycles. The standard InChI is InChI=1S/C17H17NO4S/c1-13-7-9-15(10-8-13)23-17(20)18-12-22-16(19)11-21-14-5-3-2-4-6-14/h2-10H,11-12H2,1H3,(H,18,20). The SMILES string of the molecule is Cc1ccc(SC(=O)NCOC(=O)COc2ccccc2)cc1. The Labute approximate surface area is 139 Å². The van der Waals surface area contributed by atoms with Crippen molar-refractivity contribution in [3.63, 3.8) is 0 Å². The highest BCUT2D eigenvalue weighted by atomic mass is 32.2. The molecule has 2 aromatic carbocycles. The molecule has 0 bridgehead atoms. The number of rotatable bonds is 6. The summed E-state index contributed by atoms with van der Waals surface area (Å²) in [5.74, 6) is 0.0397. The number of nitrogens with one attached hydrogen (secondary N) is 1. The first kappa shape index (κ1) is 16.9. The van der Waals surface area contributed by atoms with Crippen LogP contribution in [0.1, 0.15) is 5.56 Å². The molecule has 0 unspecified atom stereocenters. The lowest BCUT2D eigenvalue weighted by molar-refractivity contribution is -0.146. The molecule has 0 aliphatic rings. The fourth-order valence-electron chi connectivity index (χ4n) is 1.63. The largest absolute Gasteiger partial charge is 0.482 e. The number of thioether (sulfide) groups is 1. The van der Waals surface area contributed by atoms with E-state index in [2.05, 4.69) is 5.32 Å². The van der Waals surface area contributed by atoms with Crippen LogP contribution in [0, 0.1) is 6.92 Å². The van der Waals surface area contributed by atoms with Gasteiger partial charge in [0.25, 0.3) is 5.24 Å². The molecule has 2 rings (SSSR count). The van der Waals surface area contributed by atoms with E-state index in [0.29, 0.717) is 5.75 Å². The van der Waals surface area contributed by atoms with E-state index in [1.807, 2.05) is 49.4 Å². The van der Waals surface area contributed by atoms with Crippen LogP contribution in [0.3, 0.4) is 0 Å². The Bertz CT molecular complexity index is 643. The lowest BCUT2D eigenvalue weighted by Gasteiger charge is -2.08. The van der Waals surface area contributed by atoms with Gasteiger partial charge in [-0.15, -0.1) is 0 Å². The molecule has 0 spiro atoms. The van der Waals surface area contributed by atoms with Crippen LogP contribution < -0.4 is 10.1 Å². The van der Waals surface area contributed by atoms with Crippen LogP contribution >= 0.6 is 11.8 Å². The number of hydrogen-bond donors (Lipinski definition) is 1. The van der Waals surface area contributed by atoms with E-state index in [1.54, 1.807) is 12.1 Å². The number of amides is 1. The van der Waals surface area contributed by atoms with E-state index in [4.69, 9.17) is 9.47 Å². The lowest BCUT2D eigenvalue weighted by atomic mass is 10.2. The van der Waals surface area contributed by atoms with E-state index >= 15 is 0 Å². The van der Waals surface area contributed by atoms with Crippen molar-refractivity contribution >= 4 is 23.0 Å². The molecule has 0 heterocycles. The summed E-state index contributed by atoms with van der Waals surface area (Å²) in [4.78, 5) is 24.0. The Morgan fingerprint density at radius 3 is 2.43 bits per heavy atom. The van der Waals surface area contributed by atoms with Gasteiger partial charge in [-0.2, -0.15) is 0 Å². The number of para-hydroxylation sites is 1. The summed E-state index contributed by atoms with van der Waals surface area (Å²) in [6.45, 7) is 1.59. The molecule has 0 radical (unpaired) electrons. The normalized spacial score (nSPS) is 9.96. The minimum absolute atomic E-state index is 0.186. The highest BCUT2D eigenvalue weighted by Crippen LogP contribution is 2.18. The van der Waals surface area contributed by atoms with Crippen LogP contribution in [-0.4, -0.2) is 24.5 Å². The molecule has 120 valence electrons. The lowest BCUT2D eigenvalue weighted by Crippen LogP contribution is -2.26. The van der Waals surface area contributed by atoms with E-state index in [9.17, 15) is 9.59 Å². The van der Waals surface area contributed by atoms with E-state index in [-0.39, 0.29) is 18.6 Å². The number of hydrogen-bond acceptors (Lipinski definition) is 5. The summed E-state index contributed by atoms with van der Waals surface area (Å²) < 4.78 is 10.1. The second-order valence-electron chi connectivity index (χ2n) is 4.64. The van der Waals surface area contributed by atoms with Crippen molar-refractivity contribution < 1.29 is 19.1 Å². The summed E-state index contributed by atoms with van der Waals surface area (Å²) >= 11 is 1.04. The minimum Gasteiger partial charge on any atom is -0.482 e. The molecule has 0 aliphatic heterocycles. The van der Waals surface area contributed by atoms with Crippen LogP contribution in [0.5, 0.6) is 5.75 Å². The Morgan fingerprint density at radius 2 is 1.74 bits per heavy atom. The third-order valence-electron chi connectivity index (χ3n) is 2.78. The van der Waals surface area contributed by atoms with E-state index in [0.717, 1.165) is 22.2 Å². The molecule has 23 heavy (non-hydrogen) atoms. The number of carbonyl (C=O) groups excluding carboxylic acids is 2. The van der Waals surface area contributed by atoms with Crippen LogP contribution in [0.25, 0.3) is 0 Å². The van der Waals surface area contributed by atoms with Crippen molar-refractivity contribution in [1.29, 1.82) is 0 Å². The highest BCUT2D eigenvalue weighted by molar-refractivity contribution is 8.13. The molecule has 6 heteroatoms.